The van der Waals surface area contributed by atoms with E-state index >= 15 is 0 Å². The van der Waals surface area contributed by atoms with Gasteiger partial charge in [0.1, 0.15) is 17.7 Å². The highest BCUT2D eigenvalue weighted by atomic mass is 32.2. The maximum Gasteiger partial charge on any atom is 0.238 e. The van der Waals surface area contributed by atoms with Gasteiger partial charge in [0.05, 0.1) is 6.26 Å². The molecule has 0 bridgehead atoms. The first-order valence-electron chi connectivity index (χ1n) is 9.12. The molecule has 25 heavy (non-hydrogen) atoms. The summed E-state index contributed by atoms with van der Waals surface area (Å²) in [5, 5.41) is 11.4. The Morgan fingerprint density at radius 3 is 2.76 bits per heavy atom. The van der Waals surface area contributed by atoms with Gasteiger partial charge >= 0.3 is 0 Å². The molecular weight excluding hydrogens is 342 g/mol. The lowest BCUT2D eigenvalue weighted by atomic mass is 10.0. The summed E-state index contributed by atoms with van der Waals surface area (Å²) in [5.41, 5.74) is 0. The molecule has 1 saturated heterocycles. The summed E-state index contributed by atoms with van der Waals surface area (Å²) in [6.45, 7) is 1.82. The highest BCUT2D eigenvalue weighted by Gasteiger charge is 2.34. The summed E-state index contributed by atoms with van der Waals surface area (Å²) in [5.74, 6) is 1.73. The zero-order valence-corrected chi connectivity index (χ0v) is 15.6. The van der Waals surface area contributed by atoms with E-state index < -0.39 is 16.1 Å². The Kier molecular flexibility index (Phi) is 5.73. The summed E-state index contributed by atoms with van der Waals surface area (Å²) in [7, 11) is -3.36. The van der Waals surface area contributed by atoms with E-state index in [1.54, 1.807) is 0 Å². The van der Waals surface area contributed by atoms with E-state index in [4.69, 9.17) is 0 Å². The van der Waals surface area contributed by atoms with Gasteiger partial charge in [-0.2, -0.15) is 4.31 Å². The standard InChI is InChI=1S/C16H27N5O3S/c1-25(23,24)21-12-6-4-7-13(21)16(22)17-10-9-15-19-18-14-8-3-2-5-11-20(14)15/h13H,2-12H2,1H3,(H,17,22). The van der Waals surface area contributed by atoms with E-state index in [0.717, 1.165) is 50.3 Å². The van der Waals surface area contributed by atoms with Gasteiger partial charge in [0.2, 0.25) is 15.9 Å². The Bertz CT molecular complexity index is 715. The molecule has 1 aromatic rings. The van der Waals surface area contributed by atoms with Crippen LogP contribution in [0.2, 0.25) is 0 Å². The number of nitrogens with zero attached hydrogens (tertiary/aromatic N) is 4. The zero-order valence-electron chi connectivity index (χ0n) is 14.8. The highest BCUT2D eigenvalue weighted by molar-refractivity contribution is 7.88. The van der Waals surface area contributed by atoms with Crippen molar-refractivity contribution in [1.82, 2.24) is 24.4 Å². The number of aryl methyl sites for hydroxylation is 1. The van der Waals surface area contributed by atoms with Gasteiger partial charge in [-0.15, -0.1) is 10.2 Å². The number of piperidine rings is 1. The van der Waals surface area contributed by atoms with Crippen LogP contribution in [0.25, 0.3) is 0 Å². The predicted octanol–water partition coefficient (Wildman–Crippen LogP) is 0.477. The van der Waals surface area contributed by atoms with Crippen molar-refractivity contribution < 1.29 is 13.2 Å². The van der Waals surface area contributed by atoms with Crippen molar-refractivity contribution in [2.75, 3.05) is 19.3 Å². The summed E-state index contributed by atoms with van der Waals surface area (Å²) in [6.07, 6.45) is 8.51. The number of rotatable bonds is 5. The first-order valence-corrected chi connectivity index (χ1v) is 11.0. The monoisotopic (exact) mass is 369 g/mol. The molecule has 0 aliphatic carbocycles. The first kappa shape index (κ1) is 18.3. The molecule has 9 heteroatoms. The van der Waals surface area contributed by atoms with E-state index in [-0.39, 0.29) is 5.91 Å². The second-order valence-electron chi connectivity index (χ2n) is 6.92. The molecule has 1 N–H and O–H groups in total. The number of hydrogen-bond acceptors (Lipinski definition) is 5. The molecule has 140 valence electrons. The van der Waals surface area contributed by atoms with Gasteiger partial charge in [0.25, 0.3) is 0 Å². The largest absolute Gasteiger partial charge is 0.354 e. The number of nitrogens with one attached hydrogen (secondary N) is 1. The average molecular weight is 369 g/mol. The van der Waals surface area contributed by atoms with E-state index in [2.05, 4.69) is 20.1 Å². The van der Waals surface area contributed by atoms with E-state index in [9.17, 15) is 13.2 Å². The molecule has 1 fully saturated rings. The second kappa shape index (κ2) is 7.82. The number of amides is 1. The van der Waals surface area contributed by atoms with Crippen LogP contribution in [0.1, 0.15) is 50.2 Å². The second-order valence-corrected chi connectivity index (χ2v) is 8.86. The summed E-state index contributed by atoms with van der Waals surface area (Å²) in [6, 6.07) is -0.584. The normalized spacial score (nSPS) is 22.2. The zero-order chi connectivity index (χ0) is 17.9. The van der Waals surface area contributed by atoms with Crippen molar-refractivity contribution in [2.45, 2.75) is 64.0 Å². The molecule has 1 aromatic heterocycles. The lowest BCUT2D eigenvalue weighted by Gasteiger charge is -2.32. The Morgan fingerprint density at radius 1 is 1.16 bits per heavy atom. The Balaban J connectivity index is 1.57. The summed E-state index contributed by atoms with van der Waals surface area (Å²) in [4.78, 5) is 12.5. The van der Waals surface area contributed by atoms with Gasteiger partial charge in [-0.1, -0.05) is 12.8 Å². The maximum absolute atomic E-state index is 12.5. The van der Waals surface area contributed by atoms with E-state index in [1.165, 1.54) is 17.0 Å². The minimum atomic E-state index is -3.36. The fourth-order valence-electron chi connectivity index (χ4n) is 3.71. The van der Waals surface area contributed by atoms with Gasteiger partial charge in [0, 0.05) is 32.5 Å². The third-order valence-electron chi connectivity index (χ3n) is 5.02. The Hall–Kier alpha value is -1.48. The number of sulfonamides is 1. The first-order chi connectivity index (χ1) is 12.0. The number of fused-ring (bicyclic) bond motifs is 1. The third kappa shape index (κ3) is 4.38. The van der Waals surface area contributed by atoms with Crippen LogP contribution >= 0.6 is 0 Å². The van der Waals surface area contributed by atoms with Gasteiger partial charge in [-0.25, -0.2) is 8.42 Å². The van der Waals surface area contributed by atoms with Crippen molar-refractivity contribution in [3.63, 3.8) is 0 Å². The van der Waals surface area contributed by atoms with Gasteiger partial charge in [-0.3, -0.25) is 4.79 Å². The quantitative estimate of drug-likeness (QED) is 0.814. The fraction of sp³-hybridized carbons (Fsp3) is 0.812. The molecule has 1 atom stereocenters. The molecular formula is C16H27N5O3S. The van der Waals surface area contributed by atoms with Crippen LogP contribution in [0.5, 0.6) is 0 Å². The molecule has 0 radical (unpaired) electrons. The van der Waals surface area contributed by atoms with Crippen molar-refractivity contribution in [1.29, 1.82) is 0 Å². The average Bonchev–Trinajstić information content (AvgIpc) is 2.81. The molecule has 1 unspecified atom stereocenters. The van der Waals surface area contributed by atoms with Gasteiger partial charge < -0.3 is 9.88 Å². The molecule has 0 saturated carbocycles. The minimum Gasteiger partial charge on any atom is -0.354 e. The molecule has 2 aliphatic rings. The van der Waals surface area contributed by atoms with Crippen LogP contribution in [-0.4, -0.2) is 58.8 Å². The number of carbonyl (C=O) groups is 1. The third-order valence-corrected chi connectivity index (χ3v) is 6.31. The van der Waals surface area contributed by atoms with Crippen molar-refractivity contribution in [3.8, 4) is 0 Å². The Morgan fingerprint density at radius 2 is 1.96 bits per heavy atom. The lowest BCUT2D eigenvalue weighted by Crippen LogP contribution is -2.51. The summed E-state index contributed by atoms with van der Waals surface area (Å²) < 4.78 is 27.3. The lowest BCUT2D eigenvalue weighted by molar-refractivity contribution is -0.125. The van der Waals surface area contributed by atoms with Crippen molar-refractivity contribution in [2.24, 2.45) is 0 Å². The van der Waals surface area contributed by atoms with E-state index in [0.29, 0.717) is 25.9 Å². The van der Waals surface area contributed by atoms with Crippen LogP contribution in [0.15, 0.2) is 0 Å². The van der Waals surface area contributed by atoms with Crippen molar-refractivity contribution >= 4 is 15.9 Å². The Labute approximate surface area is 149 Å². The van der Waals surface area contributed by atoms with Crippen LogP contribution in [0, 0.1) is 0 Å². The van der Waals surface area contributed by atoms with E-state index in [1.807, 2.05) is 0 Å². The molecule has 8 nitrogen and oxygen atoms in total. The molecule has 0 spiro atoms. The minimum absolute atomic E-state index is 0.208. The fourth-order valence-corrected chi connectivity index (χ4v) is 4.83. The molecule has 3 heterocycles. The van der Waals surface area contributed by atoms with Gasteiger partial charge in [0.15, 0.2) is 0 Å². The van der Waals surface area contributed by atoms with Crippen LogP contribution in [-0.2, 0) is 34.2 Å². The highest BCUT2D eigenvalue weighted by Crippen LogP contribution is 2.20. The summed E-state index contributed by atoms with van der Waals surface area (Å²) >= 11 is 0. The number of carbonyl (C=O) groups excluding carboxylic acids is 1. The number of aromatic nitrogens is 3. The molecule has 1 amide bonds. The van der Waals surface area contributed by atoms with Crippen LogP contribution < -0.4 is 5.32 Å². The SMILES string of the molecule is CS(=O)(=O)N1CCCCC1C(=O)NCCc1nnc2n1CCCCC2. The van der Waals surface area contributed by atoms with Gasteiger partial charge in [-0.05, 0) is 25.7 Å². The maximum atomic E-state index is 12.5. The molecule has 3 rings (SSSR count). The number of hydrogen-bond donors (Lipinski definition) is 1. The van der Waals surface area contributed by atoms with Crippen LogP contribution in [0.4, 0.5) is 0 Å². The van der Waals surface area contributed by atoms with Crippen LogP contribution in [0.3, 0.4) is 0 Å². The predicted molar refractivity (Wildman–Crippen MR) is 93.5 cm³/mol. The molecule has 2 aliphatic heterocycles. The molecule has 0 aromatic carbocycles. The topological polar surface area (TPSA) is 97.2 Å². The van der Waals surface area contributed by atoms with Crippen molar-refractivity contribution in [3.05, 3.63) is 11.6 Å². The smallest absolute Gasteiger partial charge is 0.238 e.